The first-order valence-electron chi connectivity index (χ1n) is 13.1. The zero-order valence-electron chi connectivity index (χ0n) is 20.8. The van der Waals surface area contributed by atoms with Crippen LogP contribution in [0.5, 0.6) is 0 Å². The second-order valence-corrected chi connectivity index (χ2v) is 11.9. The summed E-state index contributed by atoms with van der Waals surface area (Å²) in [6, 6.07) is 0.257. The molecular weight excluding hydrogens is 412 g/mol. The van der Waals surface area contributed by atoms with Crippen molar-refractivity contribution in [1.29, 1.82) is 0 Å². The number of carbonyl (C=O) groups is 2. The van der Waals surface area contributed by atoms with Crippen molar-refractivity contribution in [2.75, 3.05) is 36.4 Å². The number of amides is 1. The van der Waals surface area contributed by atoms with E-state index in [9.17, 15) is 9.59 Å². The molecule has 0 spiro atoms. The third-order valence-electron chi connectivity index (χ3n) is 8.92. The molecule has 3 aliphatic heterocycles. The van der Waals surface area contributed by atoms with Crippen LogP contribution in [0.25, 0.3) is 0 Å². The third kappa shape index (κ3) is 4.15. The van der Waals surface area contributed by atoms with Crippen LogP contribution in [0.4, 0.5) is 11.5 Å². The average Bonchev–Trinajstić information content (AvgIpc) is 3.28. The van der Waals surface area contributed by atoms with Gasteiger partial charge < -0.3 is 15.1 Å². The quantitative estimate of drug-likeness (QED) is 0.714. The fourth-order valence-electron chi connectivity index (χ4n) is 6.69. The largest absolute Gasteiger partial charge is 0.369 e. The second-order valence-electron chi connectivity index (χ2n) is 11.9. The Bertz CT molecular complexity index is 929. The normalized spacial score (nSPS) is 30.0. The van der Waals surface area contributed by atoms with Crippen molar-refractivity contribution in [2.24, 2.45) is 23.2 Å². The fraction of sp³-hybridized carbons (Fsp3) is 0.741. The Morgan fingerprint density at radius 2 is 1.85 bits per heavy atom. The fourth-order valence-corrected chi connectivity index (χ4v) is 6.69. The van der Waals surface area contributed by atoms with Gasteiger partial charge in [-0.1, -0.05) is 27.7 Å². The number of hydrogen-bond acceptors (Lipinski definition) is 5. The van der Waals surface area contributed by atoms with E-state index in [1.54, 1.807) is 6.20 Å². The van der Waals surface area contributed by atoms with Gasteiger partial charge in [0.15, 0.2) is 5.78 Å². The highest BCUT2D eigenvalue weighted by molar-refractivity contribution is 6.04. The molecule has 2 unspecified atom stereocenters. The Labute approximate surface area is 198 Å². The minimum absolute atomic E-state index is 0.186. The van der Waals surface area contributed by atoms with Gasteiger partial charge in [0.05, 0.1) is 11.3 Å². The number of hydrogen-bond donors (Lipinski definition) is 1. The summed E-state index contributed by atoms with van der Waals surface area (Å²) in [4.78, 5) is 35.4. The molecule has 2 atom stereocenters. The van der Waals surface area contributed by atoms with E-state index in [-0.39, 0.29) is 17.7 Å². The average molecular weight is 453 g/mol. The molecule has 1 N–H and O–H groups in total. The molecule has 1 aromatic rings. The summed E-state index contributed by atoms with van der Waals surface area (Å²) in [5.41, 5.74) is 3.40. The number of carbonyl (C=O) groups excluding carboxylic acids is 2. The zero-order valence-corrected chi connectivity index (χ0v) is 20.8. The van der Waals surface area contributed by atoms with Gasteiger partial charge in [-0.3, -0.25) is 9.59 Å². The van der Waals surface area contributed by atoms with Crippen LogP contribution in [0, 0.1) is 23.2 Å². The van der Waals surface area contributed by atoms with E-state index < -0.39 is 0 Å². The number of piperidine rings is 1. The molecule has 5 rings (SSSR count). The molecule has 6 heteroatoms. The maximum atomic E-state index is 13.6. The van der Waals surface area contributed by atoms with Gasteiger partial charge in [0.25, 0.3) is 0 Å². The van der Waals surface area contributed by atoms with Gasteiger partial charge >= 0.3 is 0 Å². The first-order chi connectivity index (χ1) is 15.7. The van der Waals surface area contributed by atoms with Gasteiger partial charge in [-0.05, 0) is 55.8 Å². The molecule has 4 heterocycles. The third-order valence-corrected chi connectivity index (χ3v) is 8.92. The van der Waals surface area contributed by atoms with Crippen molar-refractivity contribution in [3.8, 4) is 0 Å². The van der Waals surface area contributed by atoms with E-state index in [2.05, 4.69) is 47.8 Å². The molecule has 1 amide bonds. The Morgan fingerprint density at radius 1 is 1.09 bits per heavy atom. The highest BCUT2D eigenvalue weighted by Gasteiger charge is 2.40. The van der Waals surface area contributed by atoms with E-state index in [0.717, 1.165) is 74.8 Å². The number of ketones is 1. The number of Topliss-reactive ketones (excluding diaryl/α,β-unsaturated/α-hetero) is 1. The molecule has 1 saturated heterocycles. The summed E-state index contributed by atoms with van der Waals surface area (Å²) in [5.74, 6) is 2.91. The van der Waals surface area contributed by atoms with Crippen LogP contribution in [0.2, 0.25) is 0 Å². The van der Waals surface area contributed by atoms with Gasteiger partial charge in [0, 0.05) is 56.3 Å². The minimum atomic E-state index is 0.186. The van der Waals surface area contributed by atoms with Crippen LogP contribution in [0.3, 0.4) is 0 Å². The Kier molecular flexibility index (Phi) is 5.90. The molecule has 1 aromatic heterocycles. The number of nitrogens with zero attached hydrogens (tertiary/aromatic N) is 3. The second kappa shape index (κ2) is 8.59. The molecule has 4 aliphatic rings. The monoisotopic (exact) mass is 452 g/mol. The van der Waals surface area contributed by atoms with Crippen LogP contribution in [0.1, 0.15) is 82.1 Å². The van der Waals surface area contributed by atoms with E-state index in [0.29, 0.717) is 23.7 Å². The van der Waals surface area contributed by atoms with Gasteiger partial charge in [0.1, 0.15) is 5.82 Å². The van der Waals surface area contributed by atoms with Gasteiger partial charge in [-0.15, -0.1) is 0 Å². The summed E-state index contributed by atoms with van der Waals surface area (Å²) < 4.78 is 0. The maximum absolute atomic E-state index is 13.6. The first-order valence-corrected chi connectivity index (χ1v) is 13.1. The predicted octanol–water partition coefficient (Wildman–Crippen LogP) is 4.53. The number of nitrogens with one attached hydrogen (secondary N) is 1. The van der Waals surface area contributed by atoms with Crippen molar-refractivity contribution in [2.45, 2.75) is 78.7 Å². The van der Waals surface area contributed by atoms with Crippen LogP contribution in [-0.4, -0.2) is 53.8 Å². The molecule has 0 radical (unpaired) electrons. The van der Waals surface area contributed by atoms with Crippen molar-refractivity contribution in [3.63, 3.8) is 0 Å². The number of anilines is 2. The van der Waals surface area contributed by atoms with Crippen LogP contribution < -0.4 is 10.2 Å². The lowest BCUT2D eigenvalue weighted by Gasteiger charge is -2.47. The summed E-state index contributed by atoms with van der Waals surface area (Å²) in [7, 11) is 0. The Balaban J connectivity index is 1.34. The summed E-state index contributed by atoms with van der Waals surface area (Å²) >= 11 is 0. The molecule has 0 aromatic carbocycles. The van der Waals surface area contributed by atoms with E-state index in [4.69, 9.17) is 0 Å². The molecule has 1 aliphatic carbocycles. The number of aromatic nitrogens is 1. The summed E-state index contributed by atoms with van der Waals surface area (Å²) in [6.07, 6.45) is 8.64. The lowest BCUT2D eigenvalue weighted by Crippen LogP contribution is -2.56. The molecular formula is C27H40N4O2. The SMILES string of the molecule is CC1CCN(C(=O)C2CCC(C(C)(C)C)CC2)CC1N1CCC(=O)c2cnc3c(c21)CCN3. The van der Waals surface area contributed by atoms with Crippen molar-refractivity contribution < 1.29 is 9.59 Å². The molecule has 1 saturated carbocycles. The van der Waals surface area contributed by atoms with Crippen molar-refractivity contribution in [3.05, 3.63) is 17.3 Å². The smallest absolute Gasteiger partial charge is 0.225 e. The lowest BCUT2D eigenvalue weighted by molar-refractivity contribution is -0.139. The Morgan fingerprint density at radius 3 is 2.58 bits per heavy atom. The van der Waals surface area contributed by atoms with E-state index in [1.165, 1.54) is 18.4 Å². The Hall–Kier alpha value is -2.11. The van der Waals surface area contributed by atoms with Crippen LogP contribution in [0.15, 0.2) is 6.20 Å². The highest BCUT2D eigenvalue weighted by atomic mass is 16.2. The van der Waals surface area contributed by atoms with Crippen LogP contribution in [-0.2, 0) is 11.2 Å². The van der Waals surface area contributed by atoms with Gasteiger partial charge in [0.2, 0.25) is 5.91 Å². The molecule has 2 fully saturated rings. The van der Waals surface area contributed by atoms with Crippen molar-refractivity contribution >= 4 is 23.2 Å². The van der Waals surface area contributed by atoms with E-state index >= 15 is 0 Å². The number of fused-ring (bicyclic) bond motifs is 3. The molecule has 0 bridgehead atoms. The van der Waals surface area contributed by atoms with Gasteiger partial charge in [-0.2, -0.15) is 0 Å². The lowest BCUT2D eigenvalue weighted by atomic mass is 9.69. The number of pyridine rings is 1. The van der Waals surface area contributed by atoms with Crippen LogP contribution >= 0.6 is 0 Å². The standard InChI is InChI=1S/C27H40N4O2/c1-17-10-13-30(26(33)18-5-7-19(8-6-18)27(2,3)4)16-22(17)31-14-11-23(32)21-15-29-25-20(24(21)31)9-12-28-25/h15,17-19,22H,5-14,16H2,1-4H3,(H,28,29). The maximum Gasteiger partial charge on any atom is 0.225 e. The molecule has 33 heavy (non-hydrogen) atoms. The zero-order chi connectivity index (χ0) is 23.3. The van der Waals surface area contributed by atoms with Crippen molar-refractivity contribution in [1.82, 2.24) is 9.88 Å². The highest BCUT2D eigenvalue weighted by Crippen LogP contribution is 2.42. The van der Waals surface area contributed by atoms with E-state index in [1.807, 2.05) is 0 Å². The number of likely N-dealkylation sites (tertiary alicyclic amines) is 1. The predicted molar refractivity (Wildman–Crippen MR) is 132 cm³/mol. The topological polar surface area (TPSA) is 65.5 Å². The number of rotatable bonds is 2. The first kappa shape index (κ1) is 22.7. The van der Waals surface area contributed by atoms with Gasteiger partial charge in [-0.25, -0.2) is 4.98 Å². The molecule has 180 valence electrons. The minimum Gasteiger partial charge on any atom is -0.369 e. The summed E-state index contributed by atoms with van der Waals surface area (Å²) in [5, 5.41) is 3.37. The molecule has 6 nitrogen and oxygen atoms in total. The summed E-state index contributed by atoms with van der Waals surface area (Å²) in [6.45, 7) is 12.6.